The Bertz CT molecular complexity index is 1090. The summed E-state index contributed by atoms with van der Waals surface area (Å²) >= 11 is 5.97. The summed E-state index contributed by atoms with van der Waals surface area (Å²) in [6, 6.07) is 13.5. The Labute approximate surface area is 190 Å². The second kappa shape index (κ2) is 10.2. The molecule has 2 aromatic carbocycles. The van der Waals surface area contributed by atoms with Crippen LogP contribution in [0.15, 0.2) is 65.4 Å². The van der Waals surface area contributed by atoms with Crippen LogP contribution in [0.4, 0.5) is 5.69 Å². The molecule has 0 atom stereocenters. The molecule has 3 rings (SSSR count). The molecule has 0 saturated heterocycles. The van der Waals surface area contributed by atoms with Gasteiger partial charge in [0.25, 0.3) is 5.91 Å². The fraction of sp³-hybridized carbons (Fsp3) is 0.208. The van der Waals surface area contributed by atoms with E-state index >= 15 is 0 Å². The molecule has 0 N–H and O–H groups in total. The molecule has 8 heteroatoms. The number of benzene rings is 2. The van der Waals surface area contributed by atoms with E-state index in [1.165, 1.54) is 12.0 Å². The summed E-state index contributed by atoms with van der Waals surface area (Å²) < 4.78 is 15.1. The number of ether oxygens (including phenoxy) is 3. The maximum atomic E-state index is 13.3. The van der Waals surface area contributed by atoms with Crippen LogP contribution in [0.1, 0.15) is 19.4 Å². The summed E-state index contributed by atoms with van der Waals surface area (Å²) in [7, 11) is 1.28. The van der Waals surface area contributed by atoms with Gasteiger partial charge in [-0.3, -0.25) is 9.69 Å². The van der Waals surface area contributed by atoms with Crippen LogP contribution in [0.3, 0.4) is 0 Å². The molecule has 0 fully saturated rings. The highest BCUT2D eigenvalue weighted by Gasteiger charge is 2.38. The highest BCUT2D eigenvalue weighted by molar-refractivity contribution is 6.30. The Kier molecular flexibility index (Phi) is 7.33. The van der Waals surface area contributed by atoms with Crippen molar-refractivity contribution in [3.63, 3.8) is 0 Å². The van der Waals surface area contributed by atoms with Gasteiger partial charge in [-0.2, -0.15) is 0 Å². The Morgan fingerprint density at radius 1 is 1.06 bits per heavy atom. The molecule has 1 amide bonds. The number of nitrogens with zero attached hydrogens (tertiary/aromatic N) is 1. The molecule has 1 aliphatic rings. The lowest BCUT2D eigenvalue weighted by Gasteiger charge is -2.18. The first-order valence-electron chi connectivity index (χ1n) is 9.85. The van der Waals surface area contributed by atoms with E-state index in [0.717, 1.165) is 0 Å². The van der Waals surface area contributed by atoms with Gasteiger partial charge in [0.1, 0.15) is 5.75 Å². The number of esters is 2. The molecule has 32 heavy (non-hydrogen) atoms. The standard InChI is InChI=1S/C24H22ClNO6/c1-4-31-24(29)22-15(2)26(18-9-7-17(25)8-10-18)23(28)20(22)13-16-5-11-19(12-6-16)32-14-21(27)30-3/h5-13H,4,14H2,1-3H3/b20-13-. The molecule has 1 aliphatic heterocycles. The van der Waals surface area contributed by atoms with Gasteiger partial charge in [0.15, 0.2) is 6.61 Å². The molecule has 0 spiro atoms. The van der Waals surface area contributed by atoms with Gasteiger partial charge in [-0.05, 0) is 61.9 Å². The number of carbonyl (C=O) groups excluding carboxylic acids is 3. The van der Waals surface area contributed by atoms with Gasteiger partial charge in [-0.1, -0.05) is 23.7 Å². The number of amides is 1. The van der Waals surface area contributed by atoms with E-state index in [4.69, 9.17) is 21.1 Å². The molecule has 166 valence electrons. The smallest absolute Gasteiger partial charge is 0.343 e. The van der Waals surface area contributed by atoms with Crippen LogP contribution in [0, 0.1) is 0 Å². The zero-order chi connectivity index (χ0) is 23.3. The van der Waals surface area contributed by atoms with Crippen molar-refractivity contribution in [1.82, 2.24) is 0 Å². The molecule has 0 bridgehead atoms. The van der Waals surface area contributed by atoms with Crippen molar-refractivity contribution in [2.24, 2.45) is 0 Å². The molecular formula is C24H22ClNO6. The zero-order valence-corrected chi connectivity index (χ0v) is 18.6. The summed E-state index contributed by atoms with van der Waals surface area (Å²) in [5.41, 5.74) is 2.16. The largest absolute Gasteiger partial charge is 0.482 e. The third kappa shape index (κ3) is 5.00. The van der Waals surface area contributed by atoms with Crippen molar-refractivity contribution in [2.45, 2.75) is 13.8 Å². The van der Waals surface area contributed by atoms with Gasteiger partial charge in [0.2, 0.25) is 0 Å². The minimum absolute atomic E-state index is 0.185. The van der Waals surface area contributed by atoms with Gasteiger partial charge in [0, 0.05) is 16.4 Å². The van der Waals surface area contributed by atoms with Crippen LogP contribution in [-0.4, -0.2) is 38.2 Å². The predicted molar refractivity (Wildman–Crippen MR) is 120 cm³/mol. The monoisotopic (exact) mass is 455 g/mol. The lowest BCUT2D eigenvalue weighted by Crippen LogP contribution is -2.24. The summed E-state index contributed by atoms with van der Waals surface area (Å²) in [5, 5.41) is 0.540. The number of allylic oxidation sites excluding steroid dienone is 1. The van der Waals surface area contributed by atoms with E-state index in [1.54, 1.807) is 68.5 Å². The lowest BCUT2D eigenvalue weighted by molar-refractivity contribution is -0.143. The molecule has 0 saturated carbocycles. The molecule has 0 aliphatic carbocycles. The first-order chi connectivity index (χ1) is 15.3. The predicted octanol–water partition coefficient (Wildman–Crippen LogP) is 4.16. The minimum Gasteiger partial charge on any atom is -0.482 e. The first-order valence-corrected chi connectivity index (χ1v) is 10.2. The fourth-order valence-corrected chi connectivity index (χ4v) is 3.34. The quantitative estimate of drug-likeness (QED) is 0.460. The van der Waals surface area contributed by atoms with E-state index in [2.05, 4.69) is 4.74 Å². The summed E-state index contributed by atoms with van der Waals surface area (Å²) in [6.45, 7) is 3.38. The zero-order valence-electron chi connectivity index (χ0n) is 17.9. The Balaban J connectivity index is 1.95. The van der Waals surface area contributed by atoms with Gasteiger partial charge in [0.05, 0.1) is 24.9 Å². The number of rotatable bonds is 7. The molecule has 7 nitrogen and oxygen atoms in total. The van der Waals surface area contributed by atoms with Gasteiger partial charge in [-0.25, -0.2) is 9.59 Å². The van der Waals surface area contributed by atoms with Crippen molar-refractivity contribution in [2.75, 3.05) is 25.2 Å². The fourth-order valence-electron chi connectivity index (χ4n) is 3.21. The molecular weight excluding hydrogens is 434 g/mol. The van der Waals surface area contributed by atoms with Crippen LogP contribution in [0.5, 0.6) is 5.75 Å². The Morgan fingerprint density at radius 2 is 1.72 bits per heavy atom. The normalized spacial score (nSPS) is 14.7. The van der Waals surface area contributed by atoms with Crippen LogP contribution >= 0.6 is 11.6 Å². The molecule has 2 aromatic rings. The second-order valence-corrected chi connectivity index (χ2v) is 7.23. The number of methoxy groups -OCH3 is 1. The van der Waals surface area contributed by atoms with E-state index in [0.29, 0.717) is 27.7 Å². The highest BCUT2D eigenvalue weighted by Crippen LogP contribution is 2.36. The molecule has 1 heterocycles. The summed E-state index contributed by atoms with van der Waals surface area (Å²) in [6.07, 6.45) is 1.62. The van der Waals surface area contributed by atoms with Crippen LogP contribution < -0.4 is 9.64 Å². The minimum atomic E-state index is -0.570. The highest BCUT2D eigenvalue weighted by atomic mass is 35.5. The van der Waals surface area contributed by atoms with E-state index < -0.39 is 11.9 Å². The van der Waals surface area contributed by atoms with Crippen LogP contribution in [0.25, 0.3) is 6.08 Å². The lowest BCUT2D eigenvalue weighted by atomic mass is 10.0. The number of halogens is 1. The third-order valence-corrected chi connectivity index (χ3v) is 4.99. The Hall–Kier alpha value is -3.58. The van der Waals surface area contributed by atoms with Crippen LogP contribution in [0.2, 0.25) is 5.02 Å². The first kappa shape index (κ1) is 23.1. The summed E-state index contributed by atoms with van der Waals surface area (Å²) in [5.74, 6) is -0.942. The number of anilines is 1. The number of carbonyl (C=O) groups is 3. The number of hydrogen-bond acceptors (Lipinski definition) is 6. The average Bonchev–Trinajstić information content (AvgIpc) is 3.03. The van der Waals surface area contributed by atoms with Crippen molar-refractivity contribution in [1.29, 1.82) is 0 Å². The van der Waals surface area contributed by atoms with Crippen molar-refractivity contribution >= 4 is 41.2 Å². The SMILES string of the molecule is CCOC(=O)C1=C(C)N(c2ccc(Cl)cc2)C(=O)/C1=C\c1ccc(OCC(=O)OC)cc1. The summed E-state index contributed by atoms with van der Waals surface area (Å²) in [4.78, 5) is 38.7. The van der Waals surface area contributed by atoms with Gasteiger partial charge < -0.3 is 14.2 Å². The van der Waals surface area contributed by atoms with E-state index in [-0.39, 0.29) is 30.3 Å². The molecule has 0 radical (unpaired) electrons. The topological polar surface area (TPSA) is 82.1 Å². The second-order valence-electron chi connectivity index (χ2n) is 6.79. The van der Waals surface area contributed by atoms with Crippen molar-refractivity contribution < 1.29 is 28.6 Å². The maximum absolute atomic E-state index is 13.3. The van der Waals surface area contributed by atoms with Crippen molar-refractivity contribution in [3.05, 3.63) is 76.0 Å². The maximum Gasteiger partial charge on any atom is 0.343 e. The van der Waals surface area contributed by atoms with E-state index in [1.807, 2.05) is 0 Å². The molecule has 0 unspecified atom stereocenters. The molecule has 0 aromatic heterocycles. The van der Waals surface area contributed by atoms with Crippen LogP contribution in [-0.2, 0) is 23.9 Å². The van der Waals surface area contributed by atoms with Gasteiger partial charge in [-0.15, -0.1) is 0 Å². The third-order valence-electron chi connectivity index (χ3n) is 4.74. The Morgan fingerprint density at radius 3 is 2.31 bits per heavy atom. The van der Waals surface area contributed by atoms with Gasteiger partial charge >= 0.3 is 11.9 Å². The number of hydrogen-bond donors (Lipinski definition) is 0. The van der Waals surface area contributed by atoms with Crippen molar-refractivity contribution in [3.8, 4) is 5.75 Å². The average molecular weight is 456 g/mol. The van der Waals surface area contributed by atoms with E-state index in [9.17, 15) is 14.4 Å².